The van der Waals surface area contributed by atoms with E-state index in [1.165, 1.54) is 75.6 Å². The summed E-state index contributed by atoms with van der Waals surface area (Å²) in [5.74, 6) is -0.466. The second-order valence-corrected chi connectivity index (χ2v) is 15.0. The van der Waals surface area contributed by atoms with E-state index in [0.717, 1.165) is 73.4 Å². The van der Waals surface area contributed by atoms with E-state index in [4.69, 9.17) is 9.47 Å². The van der Waals surface area contributed by atoms with Gasteiger partial charge in [0.25, 0.3) is 0 Å². The Morgan fingerprint density at radius 1 is 0.480 bits per heavy atom. The molecule has 6 heteroatoms. The molecular formula is C44H70N2O4+2. The molecule has 0 unspecified atom stereocenters. The first-order chi connectivity index (χ1) is 24.1. The molecule has 0 spiro atoms. The maximum Gasteiger partial charge on any atom is 0.338 e. The summed E-state index contributed by atoms with van der Waals surface area (Å²) in [7, 11) is 8.88. The van der Waals surface area contributed by atoms with E-state index >= 15 is 0 Å². The van der Waals surface area contributed by atoms with Gasteiger partial charge >= 0.3 is 11.9 Å². The largest absolute Gasteiger partial charge is 0.462 e. The van der Waals surface area contributed by atoms with Crippen molar-refractivity contribution in [2.24, 2.45) is 0 Å². The standard InChI is InChI=1S/C44H70N2O4/c1-7-9-11-13-15-17-19-21-25-37-49-43(47)39-27-31-41(32-28-39)45(3,4)35-23-24-36-46(5,6)42-33-29-40(30-34-42)44(48)50-38-26-22-20-18-16-14-12-10-8-2/h7-8,27-34H,1-2,9-26,35-38H2,3-6H3/q+2. The molecule has 0 N–H and O–H groups in total. The van der Waals surface area contributed by atoms with Crippen LogP contribution in [-0.4, -0.2) is 66.4 Å². The van der Waals surface area contributed by atoms with Crippen LogP contribution in [0.25, 0.3) is 0 Å². The maximum absolute atomic E-state index is 12.6. The molecule has 0 radical (unpaired) electrons. The summed E-state index contributed by atoms with van der Waals surface area (Å²) in [4.78, 5) is 25.1. The number of benzene rings is 2. The Morgan fingerprint density at radius 3 is 1.10 bits per heavy atom. The Morgan fingerprint density at radius 2 is 0.780 bits per heavy atom. The molecule has 0 aromatic heterocycles. The Bertz CT molecular complexity index is 1140. The van der Waals surface area contributed by atoms with Crippen molar-refractivity contribution in [1.29, 1.82) is 0 Å². The van der Waals surface area contributed by atoms with Crippen molar-refractivity contribution in [2.45, 2.75) is 116 Å². The lowest BCUT2D eigenvalue weighted by atomic mass is 10.1. The highest BCUT2D eigenvalue weighted by atomic mass is 16.5. The summed E-state index contributed by atoms with van der Waals surface area (Å²) in [6.07, 6.45) is 24.9. The summed E-state index contributed by atoms with van der Waals surface area (Å²) in [5, 5.41) is 0. The van der Waals surface area contributed by atoms with E-state index in [-0.39, 0.29) is 11.9 Å². The second kappa shape index (κ2) is 24.8. The second-order valence-electron chi connectivity index (χ2n) is 15.0. The van der Waals surface area contributed by atoms with E-state index in [2.05, 4.69) is 65.6 Å². The number of ether oxygens (including phenoxy) is 2. The van der Waals surface area contributed by atoms with Crippen LogP contribution in [0.3, 0.4) is 0 Å². The van der Waals surface area contributed by atoms with Crippen molar-refractivity contribution >= 4 is 23.3 Å². The van der Waals surface area contributed by atoms with Crippen molar-refractivity contribution in [3.8, 4) is 0 Å². The topological polar surface area (TPSA) is 52.6 Å². The molecule has 0 aliphatic carbocycles. The molecule has 0 heterocycles. The number of carbonyl (C=O) groups is 2. The number of nitrogens with zero attached hydrogens (tertiary/aromatic N) is 2. The number of allylic oxidation sites excluding steroid dienone is 2. The Labute approximate surface area is 305 Å². The fraction of sp³-hybridized carbons (Fsp3) is 0.591. The van der Waals surface area contributed by atoms with Gasteiger partial charge in [-0.3, -0.25) is 8.97 Å². The van der Waals surface area contributed by atoms with Gasteiger partial charge in [0.05, 0.1) is 65.6 Å². The molecule has 2 aromatic carbocycles. The zero-order valence-electron chi connectivity index (χ0n) is 32.3. The summed E-state index contributed by atoms with van der Waals surface area (Å²) in [5.41, 5.74) is 3.60. The number of carbonyl (C=O) groups excluding carboxylic acids is 2. The van der Waals surface area contributed by atoms with Crippen LogP contribution >= 0.6 is 0 Å². The van der Waals surface area contributed by atoms with Gasteiger partial charge in [-0.15, -0.1) is 13.2 Å². The third kappa shape index (κ3) is 17.6. The molecule has 50 heavy (non-hydrogen) atoms. The predicted molar refractivity (Wildman–Crippen MR) is 214 cm³/mol. The van der Waals surface area contributed by atoms with E-state index in [1.807, 2.05) is 36.4 Å². The molecule has 6 nitrogen and oxygen atoms in total. The smallest absolute Gasteiger partial charge is 0.338 e. The Kier molecular flexibility index (Phi) is 21.3. The average Bonchev–Trinajstić information content (AvgIpc) is 3.11. The minimum absolute atomic E-state index is 0.233. The Balaban J connectivity index is 1.65. The van der Waals surface area contributed by atoms with Gasteiger partial charge in [-0.2, -0.15) is 0 Å². The van der Waals surface area contributed by atoms with E-state index < -0.39 is 0 Å². The molecule has 0 saturated heterocycles. The molecule has 0 aliphatic heterocycles. The Hall–Kier alpha value is -3.22. The fourth-order valence-electron chi connectivity index (χ4n) is 6.32. The number of hydrogen-bond acceptors (Lipinski definition) is 4. The van der Waals surface area contributed by atoms with Gasteiger partial charge in [0.2, 0.25) is 0 Å². The summed E-state index contributed by atoms with van der Waals surface area (Å²) in [6, 6.07) is 15.8. The van der Waals surface area contributed by atoms with Gasteiger partial charge in [-0.05, 0) is 87.1 Å². The molecule has 0 saturated carbocycles. The summed E-state index contributed by atoms with van der Waals surface area (Å²) in [6.45, 7) is 10.5. The predicted octanol–water partition coefficient (Wildman–Crippen LogP) is 11.2. The molecular weight excluding hydrogens is 620 g/mol. The van der Waals surface area contributed by atoms with Crippen LogP contribution in [0.4, 0.5) is 11.4 Å². The average molecular weight is 691 g/mol. The molecule has 0 fully saturated rings. The first kappa shape index (κ1) is 42.9. The van der Waals surface area contributed by atoms with Gasteiger partial charge in [-0.25, -0.2) is 9.59 Å². The van der Waals surface area contributed by atoms with Crippen LogP contribution < -0.4 is 8.97 Å². The van der Waals surface area contributed by atoms with Crippen molar-refractivity contribution in [3.05, 3.63) is 85.0 Å². The number of quaternary nitrogens is 2. The van der Waals surface area contributed by atoms with Crippen LogP contribution in [0, 0.1) is 0 Å². The molecule has 0 bridgehead atoms. The van der Waals surface area contributed by atoms with E-state index in [1.54, 1.807) is 0 Å². The lowest BCUT2D eigenvalue weighted by Crippen LogP contribution is -2.43. The SMILES string of the molecule is C=CCCCCCCCCCOC(=O)c1ccc([N+](C)(C)CCCC[N+](C)(C)c2ccc(C(=O)OCCCCCCCCCC=C)cc2)cc1. The van der Waals surface area contributed by atoms with E-state index in [9.17, 15) is 9.59 Å². The molecule has 278 valence electrons. The van der Waals surface area contributed by atoms with Crippen molar-refractivity contribution in [2.75, 3.05) is 54.5 Å². The first-order valence-electron chi connectivity index (χ1n) is 19.5. The van der Waals surface area contributed by atoms with Gasteiger partial charge in [-0.1, -0.05) is 76.4 Å². The van der Waals surface area contributed by atoms with Crippen molar-refractivity contribution in [1.82, 2.24) is 8.97 Å². The monoisotopic (exact) mass is 691 g/mol. The van der Waals surface area contributed by atoms with Gasteiger partial charge in [0.15, 0.2) is 0 Å². The minimum atomic E-state index is -0.233. The minimum Gasteiger partial charge on any atom is -0.462 e. The fourth-order valence-corrected chi connectivity index (χ4v) is 6.32. The van der Waals surface area contributed by atoms with Crippen LogP contribution in [0.15, 0.2) is 73.8 Å². The number of rotatable bonds is 29. The summed E-state index contributed by atoms with van der Waals surface area (Å²) >= 11 is 0. The number of esters is 2. The normalized spacial score (nSPS) is 11.7. The van der Waals surface area contributed by atoms with Crippen LogP contribution in [0.2, 0.25) is 0 Å². The zero-order chi connectivity index (χ0) is 36.5. The lowest BCUT2D eigenvalue weighted by molar-refractivity contribution is 0.0488. The third-order valence-corrected chi connectivity index (χ3v) is 9.86. The number of unbranched alkanes of at least 4 members (excludes halogenated alkanes) is 15. The molecule has 2 rings (SSSR count). The third-order valence-electron chi connectivity index (χ3n) is 9.86. The highest BCUT2D eigenvalue weighted by Gasteiger charge is 2.23. The maximum atomic E-state index is 12.6. The van der Waals surface area contributed by atoms with E-state index in [0.29, 0.717) is 24.3 Å². The highest BCUT2D eigenvalue weighted by molar-refractivity contribution is 5.90. The number of hydrogen-bond donors (Lipinski definition) is 0. The van der Waals surface area contributed by atoms with Gasteiger partial charge < -0.3 is 9.47 Å². The lowest BCUT2D eigenvalue weighted by Gasteiger charge is -2.32. The van der Waals surface area contributed by atoms with Gasteiger partial charge in [0, 0.05) is 12.8 Å². The molecule has 2 aromatic rings. The molecule has 0 amide bonds. The summed E-state index contributed by atoms with van der Waals surface area (Å²) < 4.78 is 12.6. The van der Waals surface area contributed by atoms with Crippen molar-refractivity contribution in [3.63, 3.8) is 0 Å². The first-order valence-corrected chi connectivity index (χ1v) is 19.5. The molecule has 0 atom stereocenters. The van der Waals surface area contributed by atoms with Crippen LogP contribution in [0.5, 0.6) is 0 Å². The molecule has 0 aliphatic rings. The van der Waals surface area contributed by atoms with Gasteiger partial charge in [0.1, 0.15) is 11.4 Å². The highest BCUT2D eigenvalue weighted by Crippen LogP contribution is 2.24. The quantitative estimate of drug-likeness (QED) is 0.0369. The van der Waals surface area contributed by atoms with Crippen LogP contribution in [0.1, 0.15) is 136 Å². The zero-order valence-corrected chi connectivity index (χ0v) is 32.3. The van der Waals surface area contributed by atoms with Crippen molar-refractivity contribution < 1.29 is 19.1 Å². The van der Waals surface area contributed by atoms with Crippen LogP contribution in [-0.2, 0) is 9.47 Å².